The number of amides is 1. The number of nitrogens with zero attached hydrogens (tertiary/aromatic N) is 2. The molecule has 1 heterocycles. The normalized spacial score (nSPS) is 15.7. The van der Waals surface area contributed by atoms with Crippen molar-refractivity contribution in [1.82, 2.24) is 9.55 Å². The van der Waals surface area contributed by atoms with Crippen LogP contribution in [-0.4, -0.2) is 20.6 Å². The Bertz CT molecular complexity index is 724. The van der Waals surface area contributed by atoms with E-state index in [0.29, 0.717) is 18.4 Å². The highest BCUT2D eigenvalue weighted by Gasteiger charge is 2.27. The summed E-state index contributed by atoms with van der Waals surface area (Å²) in [5.41, 5.74) is 2.58. The van der Waals surface area contributed by atoms with Crippen molar-refractivity contribution in [3.05, 3.63) is 23.8 Å². The van der Waals surface area contributed by atoms with Crippen LogP contribution in [0.15, 0.2) is 18.2 Å². The number of hydrogen-bond donors (Lipinski definition) is 2. The first-order chi connectivity index (χ1) is 10.9. The second-order valence-electron chi connectivity index (χ2n) is 7.62. The van der Waals surface area contributed by atoms with Gasteiger partial charge in [-0.2, -0.15) is 0 Å². The quantitative estimate of drug-likeness (QED) is 0.905. The highest BCUT2D eigenvalue weighted by molar-refractivity contribution is 5.92. The number of aliphatic hydroxyl groups is 1. The van der Waals surface area contributed by atoms with Crippen molar-refractivity contribution in [3.63, 3.8) is 0 Å². The summed E-state index contributed by atoms with van der Waals surface area (Å²) in [7, 11) is 0. The molecule has 0 saturated heterocycles. The highest BCUT2D eigenvalue weighted by Crippen LogP contribution is 2.38. The minimum absolute atomic E-state index is 0.0149. The number of aromatic nitrogens is 2. The maximum Gasteiger partial charge on any atom is 0.227 e. The minimum atomic E-state index is -0.0618. The molecule has 23 heavy (non-hydrogen) atoms. The van der Waals surface area contributed by atoms with Gasteiger partial charge in [-0.25, -0.2) is 4.98 Å². The third kappa shape index (κ3) is 3.24. The van der Waals surface area contributed by atoms with Gasteiger partial charge in [-0.05, 0) is 30.7 Å². The summed E-state index contributed by atoms with van der Waals surface area (Å²) in [6.45, 7) is 6.12. The zero-order chi connectivity index (χ0) is 16.6. The van der Waals surface area contributed by atoms with Gasteiger partial charge in [0.25, 0.3) is 0 Å². The Hall–Kier alpha value is -1.88. The van der Waals surface area contributed by atoms with E-state index in [1.807, 2.05) is 39.0 Å². The van der Waals surface area contributed by atoms with Gasteiger partial charge in [0, 0.05) is 18.0 Å². The average molecular weight is 315 g/mol. The van der Waals surface area contributed by atoms with Crippen molar-refractivity contribution < 1.29 is 9.90 Å². The molecule has 0 spiro atoms. The summed E-state index contributed by atoms with van der Waals surface area (Å²) in [6, 6.07) is 6.10. The Morgan fingerprint density at radius 3 is 2.70 bits per heavy atom. The Morgan fingerprint density at radius 2 is 2.13 bits per heavy atom. The molecule has 1 amide bonds. The van der Waals surface area contributed by atoms with Crippen LogP contribution in [0.3, 0.4) is 0 Å². The molecule has 1 aromatic carbocycles. The fourth-order valence-electron chi connectivity index (χ4n) is 3.09. The first kappa shape index (κ1) is 16.0. The number of carbonyl (C=O) groups excluding carboxylic acids is 1. The van der Waals surface area contributed by atoms with E-state index in [0.717, 1.165) is 29.4 Å². The summed E-state index contributed by atoms with van der Waals surface area (Å²) in [6.07, 6.45) is 3.83. The van der Waals surface area contributed by atoms with Gasteiger partial charge >= 0.3 is 0 Å². The van der Waals surface area contributed by atoms with E-state index in [1.54, 1.807) is 0 Å². The van der Waals surface area contributed by atoms with Crippen molar-refractivity contribution in [3.8, 4) is 0 Å². The van der Waals surface area contributed by atoms with Crippen LogP contribution in [0.2, 0.25) is 0 Å². The van der Waals surface area contributed by atoms with Crippen molar-refractivity contribution in [2.24, 2.45) is 5.41 Å². The van der Waals surface area contributed by atoms with Crippen molar-refractivity contribution in [1.29, 1.82) is 0 Å². The van der Waals surface area contributed by atoms with Gasteiger partial charge in [-0.15, -0.1) is 0 Å². The average Bonchev–Trinajstić information content (AvgIpc) is 2.73. The van der Waals surface area contributed by atoms with Gasteiger partial charge in [0.15, 0.2) is 0 Å². The number of benzene rings is 1. The second-order valence-corrected chi connectivity index (χ2v) is 7.62. The molecule has 0 bridgehead atoms. The number of rotatable bonds is 4. The van der Waals surface area contributed by atoms with Crippen LogP contribution in [-0.2, 0) is 11.4 Å². The molecular formula is C18H25N3O2. The summed E-state index contributed by atoms with van der Waals surface area (Å²) in [5, 5.41) is 12.6. The molecule has 3 rings (SSSR count). The predicted molar refractivity (Wildman–Crippen MR) is 91.2 cm³/mol. The van der Waals surface area contributed by atoms with Gasteiger partial charge in [-0.1, -0.05) is 32.9 Å². The van der Waals surface area contributed by atoms with Crippen LogP contribution in [0.25, 0.3) is 11.0 Å². The van der Waals surface area contributed by atoms with Crippen LogP contribution in [0.4, 0.5) is 5.95 Å². The second kappa shape index (κ2) is 5.96. The van der Waals surface area contributed by atoms with E-state index >= 15 is 0 Å². The molecule has 124 valence electrons. The molecule has 0 aliphatic heterocycles. The monoisotopic (exact) mass is 315 g/mol. The molecule has 1 aliphatic rings. The number of hydrogen-bond acceptors (Lipinski definition) is 3. The molecule has 1 fully saturated rings. The van der Waals surface area contributed by atoms with E-state index in [4.69, 9.17) is 0 Å². The Kier molecular flexibility index (Phi) is 4.15. The lowest BCUT2D eigenvalue weighted by Gasteiger charge is -2.29. The maximum atomic E-state index is 12.3. The van der Waals surface area contributed by atoms with Crippen LogP contribution in [0.1, 0.15) is 58.1 Å². The maximum absolute atomic E-state index is 12.3. The molecule has 1 aromatic heterocycles. The molecule has 0 unspecified atom stereocenters. The van der Waals surface area contributed by atoms with Crippen molar-refractivity contribution >= 4 is 22.9 Å². The first-order valence-electron chi connectivity index (χ1n) is 8.29. The molecule has 2 aromatic rings. The molecule has 5 nitrogen and oxygen atoms in total. The molecule has 1 aliphatic carbocycles. The van der Waals surface area contributed by atoms with E-state index in [9.17, 15) is 9.90 Å². The minimum Gasteiger partial charge on any atom is -0.392 e. The summed E-state index contributed by atoms with van der Waals surface area (Å²) >= 11 is 0. The fourth-order valence-corrected chi connectivity index (χ4v) is 3.09. The summed E-state index contributed by atoms with van der Waals surface area (Å²) in [4.78, 5) is 16.9. The zero-order valence-corrected chi connectivity index (χ0v) is 14.1. The number of para-hydroxylation sites is 1. The van der Waals surface area contributed by atoms with Crippen LogP contribution in [0.5, 0.6) is 0 Å². The molecule has 5 heteroatoms. The molecular weight excluding hydrogens is 290 g/mol. The van der Waals surface area contributed by atoms with E-state index in [2.05, 4.69) is 14.9 Å². The Balaban J connectivity index is 2.01. The van der Waals surface area contributed by atoms with Crippen LogP contribution in [0, 0.1) is 5.41 Å². The molecule has 0 radical (unpaired) electrons. The SMILES string of the molecule is CC(C)(C)CC(=O)Nc1nc2cccc(CO)c2n1C1CCC1. The van der Waals surface area contributed by atoms with E-state index in [1.165, 1.54) is 6.42 Å². The van der Waals surface area contributed by atoms with Gasteiger partial charge in [0.1, 0.15) is 0 Å². The zero-order valence-electron chi connectivity index (χ0n) is 14.1. The predicted octanol–water partition coefficient (Wildman–Crippen LogP) is 3.63. The number of fused-ring (bicyclic) bond motifs is 1. The highest BCUT2D eigenvalue weighted by atomic mass is 16.3. The summed E-state index contributed by atoms with van der Waals surface area (Å²) in [5.74, 6) is 0.596. The van der Waals surface area contributed by atoms with Crippen LogP contribution < -0.4 is 5.32 Å². The summed E-state index contributed by atoms with van der Waals surface area (Å²) < 4.78 is 2.12. The fraction of sp³-hybridized carbons (Fsp3) is 0.556. The van der Waals surface area contributed by atoms with Gasteiger partial charge in [0.2, 0.25) is 11.9 Å². The molecule has 2 N–H and O–H groups in total. The number of carbonyl (C=O) groups is 1. The third-order valence-electron chi connectivity index (χ3n) is 4.35. The lowest BCUT2D eigenvalue weighted by Crippen LogP contribution is -2.24. The van der Waals surface area contributed by atoms with E-state index < -0.39 is 0 Å². The van der Waals surface area contributed by atoms with Crippen LogP contribution >= 0.6 is 0 Å². The number of imidazole rings is 1. The third-order valence-corrected chi connectivity index (χ3v) is 4.35. The smallest absolute Gasteiger partial charge is 0.227 e. The van der Waals surface area contributed by atoms with Gasteiger partial charge < -0.3 is 9.67 Å². The number of nitrogens with one attached hydrogen (secondary N) is 1. The van der Waals surface area contributed by atoms with Crippen molar-refractivity contribution in [2.75, 3.05) is 5.32 Å². The topological polar surface area (TPSA) is 67.2 Å². The van der Waals surface area contributed by atoms with Gasteiger partial charge in [0.05, 0.1) is 17.6 Å². The van der Waals surface area contributed by atoms with Gasteiger partial charge in [-0.3, -0.25) is 10.1 Å². The number of aliphatic hydroxyl groups excluding tert-OH is 1. The molecule has 0 atom stereocenters. The van der Waals surface area contributed by atoms with Crippen molar-refractivity contribution in [2.45, 2.75) is 59.1 Å². The largest absolute Gasteiger partial charge is 0.392 e. The first-order valence-corrected chi connectivity index (χ1v) is 8.29. The Labute approximate surface area is 136 Å². The lowest BCUT2D eigenvalue weighted by molar-refractivity contribution is -0.117. The molecule has 1 saturated carbocycles. The standard InChI is InChI=1S/C18H25N3O2/c1-18(2,3)10-15(23)20-17-19-14-9-4-6-12(11-22)16(14)21(17)13-7-5-8-13/h4,6,9,13,22H,5,7-8,10-11H2,1-3H3,(H,19,20,23). The number of anilines is 1. The van der Waals surface area contributed by atoms with E-state index in [-0.39, 0.29) is 17.9 Å². The Morgan fingerprint density at radius 1 is 1.39 bits per heavy atom. The lowest BCUT2D eigenvalue weighted by atomic mass is 9.92.